The lowest BCUT2D eigenvalue weighted by Crippen LogP contribution is -2.63. The first-order valence-electron chi connectivity index (χ1n) is 15.3. The van der Waals surface area contributed by atoms with Gasteiger partial charge in [0.15, 0.2) is 5.78 Å². The fraction of sp³-hybridized carbons (Fsp3) is 0.485. The van der Waals surface area contributed by atoms with Crippen LogP contribution in [0.15, 0.2) is 41.1 Å². The number of anilines is 1. The van der Waals surface area contributed by atoms with Crippen LogP contribution in [-0.2, 0) is 23.9 Å². The molecular formula is C33H37N3O9S. The number of rotatable bonds is 10. The molecule has 13 heteroatoms. The Kier molecular flexibility index (Phi) is 8.51. The molecule has 1 saturated carbocycles. The number of nitrogens with one attached hydrogen (secondary N) is 1. The maximum atomic E-state index is 14.6. The predicted molar refractivity (Wildman–Crippen MR) is 167 cm³/mol. The van der Waals surface area contributed by atoms with Gasteiger partial charge in [-0.3, -0.25) is 19.3 Å². The molecule has 46 heavy (non-hydrogen) atoms. The van der Waals surface area contributed by atoms with E-state index in [1.54, 1.807) is 12.0 Å². The minimum absolute atomic E-state index is 0.0358. The van der Waals surface area contributed by atoms with Crippen molar-refractivity contribution in [1.29, 1.82) is 0 Å². The van der Waals surface area contributed by atoms with Gasteiger partial charge >= 0.3 is 5.97 Å². The number of thiophene rings is 1. The normalized spacial score (nSPS) is 22.3. The first-order valence-corrected chi connectivity index (χ1v) is 16.1. The number of nitrogens with zero attached hydrogens (tertiary/aromatic N) is 2. The number of carbonyl (C=O) groups excluding carboxylic acids is 3. The molecular weight excluding hydrogens is 614 g/mol. The highest BCUT2D eigenvalue weighted by Gasteiger charge is 2.63. The summed E-state index contributed by atoms with van der Waals surface area (Å²) in [6.07, 6.45) is 3.58. The summed E-state index contributed by atoms with van der Waals surface area (Å²) in [4.78, 5) is 60.3. The van der Waals surface area contributed by atoms with E-state index >= 15 is 0 Å². The third-order valence-corrected chi connectivity index (χ3v) is 10.5. The number of methoxy groups -OCH3 is 1. The Morgan fingerprint density at radius 1 is 1.22 bits per heavy atom. The van der Waals surface area contributed by atoms with Crippen LogP contribution in [0.5, 0.6) is 5.75 Å². The Morgan fingerprint density at radius 3 is 2.59 bits per heavy atom. The molecule has 4 heterocycles. The summed E-state index contributed by atoms with van der Waals surface area (Å²) in [6, 6.07) is 7.50. The van der Waals surface area contributed by atoms with Crippen LogP contribution >= 0.6 is 11.3 Å². The molecule has 1 aliphatic carbocycles. The fourth-order valence-electron chi connectivity index (χ4n) is 6.50. The molecule has 1 atom stereocenters. The number of carboxylic acids is 1. The van der Waals surface area contributed by atoms with Crippen molar-refractivity contribution in [2.45, 2.75) is 64.2 Å². The average Bonchev–Trinajstić information content (AvgIpc) is 3.66. The van der Waals surface area contributed by atoms with Crippen molar-refractivity contribution in [3.8, 4) is 16.5 Å². The maximum absolute atomic E-state index is 14.6. The number of aromatic nitrogens is 1. The molecule has 0 unspecified atom stereocenters. The van der Waals surface area contributed by atoms with Gasteiger partial charge < -0.3 is 29.1 Å². The number of Topliss-reactive ketones (excluding diaryl/α,β-unsaturated/α-hetero) is 1. The number of carboxylic acid groups (broad SMARTS) is 1. The number of fused-ring (bicyclic) bond motifs is 1. The number of para-hydroxylation sites is 1. The Balaban J connectivity index is 1.39. The van der Waals surface area contributed by atoms with Crippen molar-refractivity contribution in [1.82, 2.24) is 10.3 Å². The summed E-state index contributed by atoms with van der Waals surface area (Å²) >= 11 is 1.26. The molecule has 2 aromatic heterocycles. The number of ether oxygens (including phenoxy) is 3. The molecule has 3 aromatic rings. The van der Waals surface area contributed by atoms with Gasteiger partial charge in [0.2, 0.25) is 17.7 Å². The van der Waals surface area contributed by atoms with Crippen LogP contribution in [0.3, 0.4) is 0 Å². The zero-order valence-corrected chi connectivity index (χ0v) is 27.0. The molecule has 1 aromatic carbocycles. The maximum Gasteiger partial charge on any atom is 0.328 e. The third-order valence-electron chi connectivity index (χ3n) is 9.21. The highest BCUT2D eigenvalue weighted by Crippen LogP contribution is 2.57. The van der Waals surface area contributed by atoms with Gasteiger partial charge in [0.1, 0.15) is 34.1 Å². The molecule has 2 amide bonds. The molecule has 2 fully saturated rings. The lowest BCUT2D eigenvalue weighted by molar-refractivity contribution is -0.149. The number of hydrogen-bond donors (Lipinski definition) is 2. The summed E-state index contributed by atoms with van der Waals surface area (Å²) in [5.74, 6) is -2.21. The van der Waals surface area contributed by atoms with E-state index < -0.39 is 40.8 Å². The average molecular weight is 652 g/mol. The Morgan fingerprint density at radius 2 is 1.93 bits per heavy atom. The monoisotopic (exact) mass is 651 g/mol. The zero-order chi connectivity index (χ0) is 32.8. The Labute approximate surface area is 270 Å². The van der Waals surface area contributed by atoms with Crippen molar-refractivity contribution in [2.24, 2.45) is 11.3 Å². The van der Waals surface area contributed by atoms with Gasteiger partial charge in [-0.1, -0.05) is 18.2 Å². The summed E-state index contributed by atoms with van der Waals surface area (Å²) in [7, 11) is 1.58. The van der Waals surface area contributed by atoms with Gasteiger partial charge in [0.05, 0.1) is 36.4 Å². The van der Waals surface area contributed by atoms with Gasteiger partial charge in [-0.15, -0.1) is 11.3 Å². The van der Waals surface area contributed by atoms with E-state index in [1.165, 1.54) is 37.6 Å². The number of aliphatic carboxylic acids is 1. The number of amides is 2. The predicted octanol–water partition coefficient (Wildman–Crippen LogP) is 4.56. The Hall–Kier alpha value is -4.07. The zero-order valence-electron chi connectivity index (χ0n) is 26.2. The van der Waals surface area contributed by atoms with Gasteiger partial charge in [0, 0.05) is 24.7 Å². The molecule has 6 rings (SSSR count). The van der Waals surface area contributed by atoms with Crippen LogP contribution in [0.1, 0.15) is 67.1 Å². The summed E-state index contributed by atoms with van der Waals surface area (Å²) in [5.41, 5.74) is -1.18. The van der Waals surface area contributed by atoms with E-state index in [-0.39, 0.29) is 31.3 Å². The van der Waals surface area contributed by atoms with Crippen molar-refractivity contribution in [3.63, 3.8) is 0 Å². The van der Waals surface area contributed by atoms with Crippen LogP contribution < -0.4 is 15.0 Å². The van der Waals surface area contributed by atoms with Crippen molar-refractivity contribution >= 4 is 39.9 Å². The number of ketones is 1. The summed E-state index contributed by atoms with van der Waals surface area (Å²) < 4.78 is 23.5. The largest absolute Gasteiger partial charge is 0.496 e. The van der Waals surface area contributed by atoms with E-state index in [0.717, 1.165) is 5.56 Å². The first-order chi connectivity index (χ1) is 22.0. The van der Waals surface area contributed by atoms with E-state index in [9.17, 15) is 24.3 Å². The minimum Gasteiger partial charge on any atom is -0.496 e. The number of benzene rings is 1. The molecule has 244 valence electrons. The number of hydrogen-bond acceptors (Lipinski definition) is 10. The third kappa shape index (κ3) is 5.50. The van der Waals surface area contributed by atoms with E-state index in [0.29, 0.717) is 58.7 Å². The first kappa shape index (κ1) is 31.9. The minimum atomic E-state index is -1.50. The summed E-state index contributed by atoms with van der Waals surface area (Å²) in [5, 5.41) is 12.5. The van der Waals surface area contributed by atoms with Crippen LogP contribution in [0.2, 0.25) is 0 Å². The standard InChI is InChI=1S/C33H37N3O9S/c1-18-24-26(37)33(15-19(16-33)27(38)35-32(2,3)31(40)41)30(39)36(29(24)46-25(18)28-34-11-14-44-28)17-23(45-20-9-12-43-13-10-20)21-7-5-6-8-22(21)42-4/h5-8,11,14,19-20,23H,9-10,12-13,15-17H2,1-4H3,(H,35,38)(H,40,41)/t19-,23-,33+/m0/s1. The number of oxazole rings is 1. The van der Waals surface area contributed by atoms with Crippen molar-refractivity contribution in [2.75, 3.05) is 31.8 Å². The van der Waals surface area contributed by atoms with Crippen molar-refractivity contribution in [3.05, 3.63) is 53.4 Å². The second-order valence-corrected chi connectivity index (χ2v) is 13.6. The summed E-state index contributed by atoms with van der Waals surface area (Å²) in [6.45, 7) is 5.82. The van der Waals surface area contributed by atoms with Gasteiger partial charge in [0.25, 0.3) is 0 Å². The van der Waals surface area contributed by atoms with Gasteiger partial charge in [-0.2, -0.15) is 0 Å². The fourth-order valence-corrected chi connectivity index (χ4v) is 7.75. The van der Waals surface area contributed by atoms with E-state index in [2.05, 4.69) is 10.3 Å². The number of carbonyl (C=O) groups is 4. The van der Waals surface area contributed by atoms with Crippen LogP contribution in [0.25, 0.3) is 10.8 Å². The Bertz CT molecular complexity index is 1650. The highest BCUT2D eigenvalue weighted by atomic mass is 32.1. The molecule has 3 aliphatic rings. The quantitative estimate of drug-likeness (QED) is 0.298. The second kappa shape index (κ2) is 12.3. The van der Waals surface area contributed by atoms with E-state index in [1.807, 2.05) is 31.2 Å². The molecule has 2 aliphatic heterocycles. The van der Waals surface area contributed by atoms with Crippen LogP contribution in [0, 0.1) is 18.3 Å². The van der Waals surface area contributed by atoms with Crippen LogP contribution in [-0.4, -0.2) is 72.2 Å². The smallest absolute Gasteiger partial charge is 0.328 e. The molecule has 0 bridgehead atoms. The van der Waals surface area contributed by atoms with Crippen molar-refractivity contribution < 1.29 is 42.9 Å². The SMILES string of the molecule is COc1ccccc1[C@H](CN1c2sc(-c3ncco3)c(C)c2C(=O)[C@]2(C[C@H](C(=O)NC(C)(C)C(=O)O)C2)C1=O)OC1CCOCC1. The van der Waals surface area contributed by atoms with Crippen LogP contribution in [0.4, 0.5) is 5.00 Å². The molecule has 0 radical (unpaired) electrons. The lowest BCUT2D eigenvalue weighted by Gasteiger charge is -2.49. The lowest BCUT2D eigenvalue weighted by atomic mass is 9.56. The molecule has 12 nitrogen and oxygen atoms in total. The van der Waals surface area contributed by atoms with Gasteiger partial charge in [-0.25, -0.2) is 9.78 Å². The molecule has 1 spiro atoms. The molecule has 1 saturated heterocycles. The van der Waals surface area contributed by atoms with Gasteiger partial charge in [-0.05, 0) is 58.1 Å². The van der Waals surface area contributed by atoms with E-state index in [4.69, 9.17) is 18.6 Å². The second-order valence-electron chi connectivity index (χ2n) is 12.6. The molecule has 2 N–H and O–H groups in total. The topological polar surface area (TPSA) is 158 Å². The highest BCUT2D eigenvalue weighted by molar-refractivity contribution is 7.20.